The van der Waals surface area contributed by atoms with Gasteiger partial charge < -0.3 is 39.7 Å². The van der Waals surface area contributed by atoms with Crippen LogP contribution >= 0.6 is 0 Å². The summed E-state index contributed by atoms with van der Waals surface area (Å²) in [7, 11) is 0. The second-order valence-electron chi connectivity index (χ2n) is 8.66. The molecule has 5 N–H and O–H groups in total. The first-order valence-electron chi connectivity index (χ1n) is 11.2. The van der Waals surface area contributed by atoms with E-state index in [-0.39, 0.29) is 25.7 Å². The van der Waals surface area contributed by atoms with E-state index in [0.29, 0.717) is 12.8 Å². The minimum absolute atomic E-state index is 0.211. The zero-order valence-corrected chi connectivity index (χ0v) is 19.0. The number of aliphatic carboxylic acids is 3. The predicted octanol–water partition coefficient (Wildman–Crippen LogP) is 0.321. The van der Waals surface area contributed by atoms with Gasteiger partial charge in [-0.05, 0) is 31.2 Å². The lowest BCUT2D eigenvalue weighted by Crippen LogP contribution is -2.78. The Bertz CT molecular complexity index is 980. The summed E-state index contributed by atoms with van der Waals surface area (Å²) in [5, 5.41) is 51.6. The quantitative estimate of drug-likeness (QED) is 0.208. The fourth-order valence-corrected chi connectivity index (χ4v) is 4.70. The molecule has 2 aliphatic rings. The van der Waals surface area contributed by atoms with Crippen LogP contribution in [0.25, 0.3) is 0 Å². The summed E-state index contributed by atoms with van der Waals surface area (Å²) in [6.45, 7) is 1.62. The van der Waals surface area contributed by atoms with E-state index in [1.165, 1.54) is 0 Å². The van der Waals surface area contributed by atoms with Crippen LogP contribution < -0.4 is 0 Å². The molecule has 0 spiro atoms. The summed E-state index contributed by atoms with van der Waals surface area (Å²) in [4.78, 5) is 48.8. The fraction of sp³-hybridized carbons (Fsp3) is 0.565. The van der Waals surface area contributed by atoms with Gasteiger partial charge in [0, 0.05) is 12.8 Å². The minimum atomic E-state index is -3.74. The van der Waals surface area contributed by atoms with Crippen LogP contribution in [0.3, 0.4) is 0 Å². The summed E-state index contributed by atoms with van der Waals surface area (Å²) in [5.41, 5.74) is -6.10. The average molecular weight is 496 g/mol. The maximum absolute atomic E-state index is 12.5. The number of ether oxygens (including phenoxy) is 3. The van der Waals surface area contributed by atoms with Crippen molar-refractivity contribution in [1.29, 1.82) is 0 Å². The van der Waals surface area contributed by atoms with Gasteiger partial charge in [-0.15, -0.1) is 0 Å². The lowest BCUT2D eigenvalue weighted by molar-refractivity contribution is -0.374. The van der Waals surface area contributed by atoms with Gasteiger partial charge in [0.2, 0.25) is 23.1 Å². The second-order valence-corrected chi connectivity index (χ2v) is 8.66. The SMILES string of the molecule is CCCC(=O)O[C@@H]1[C@@H](O)[C@]2(CCCCc3ccccc3)O[C@H](C(=O)O)[C@@](O)(C(=O)O)[C@@]1(C(=O)O)O2. The van der Waals surface area contributed by atoms with Gasteiger partial charge in [-0.2, -0.15) is 0 Å². The van der Waals surface area contributed by atoms with E-state index in [1.54, 1.807) is 6.92 Å². The zero-order valence-electron chi connectivity index (χ0n) is 19.0. The van der Waals surface area contributed by atoms with Gasteiger partial charge in [0.25, 0.3) is 0 Å². The summed E-state index contributed by atoms with van der Waals surface area (Å²) in [6.07, 6.45) is -5.90. The molecule has 0 amide bonds. The topological polar surface area (TPSA) is 197 Å². The van der Waals surface area contributed by atoms with Crippen LogP contribution in [0.15, 0.2) is 30.3 Å². The standard InChI is InChI=1S/C23H28O12/c1-2-8-14(24)33-16-15(25)21(12-7-6-11-13-9-4-3-5-10-13)34-17(18(26)27)22(32,19(28)29)23(16,35-21)20(30)31/h3-5,9-10,15-17,25,32H,2,6-8,11-12H2,1H3,(H,26,27)(H,28,29)(H,30,31)/t15-,16-,17-,21-,22-,23-/m1/s1. The van der Waals surface area contributed by atoms with Crippen LogP contribution in [0.4, 0.5) is 0 Å². The van der Waals surface area contributed by atoms with E-state index >= 15 is 0 Å². The van der Waals surface area contributed by atoms with E-state index in [2.05, 4.69) is 0 Å². The number of carboxylic acid groups (broad SMARTS) is 3. The molecule has 1 aromatic carbocycles. The molecule has 3 rings (SSSR count). The number of carbonyl (C=O) groups is 4. The molecule has 1 aromatic rings. The number of esters is 1. The molecule has 12 nitrogen and oxygen atoms in total. The Labute approximate surface area is 200 Å². The number of carbonyl (C=O) groups excluding carboxylic acids is 1. The van der Waals surface area contributed by atoms with Crippen molar-refractivity contribution < 1.29 is 58.9 Å². The molecule has 35 heavy (non-hydrogen) atoms. The molecule has 2 bridgehead atoms. The smallest absolute Gasteiger partial charge is 0.344 e. The molecular formula is C23H28O12. The van der Waals surface area contributed by atoms with E-state index in [4.69, 9.17) is 14.2 Å². The molecule has 0 saturated carbocycles. The zero-order chi connectivity index (χ0) is 26.0. The lowest BCUT2D eigenvalue weighted by atomic mass is 9.74. The van der Waals surface area contributed by atoms with Crippen LogP contribution in [0.2, 0.25) is 0 Å². The van der Waals surface area contributed by atoms with E-state index in [9.17, 15) is 44.7 Å². The molecule has 0 unspecified atom stereocenters. The number of aryl methyl sites for hydroxylation is 1. The molecule has 0 aromatic heterocycles. The molecule has 2 aliphatic heterocycles. The Balaban J connectivity index is 2.01. The number of aliphatic hydroxyl groups excluding tert-OH is 1. The van der Waals surface area contributed by atoms with Gasteiger partial charge in [-0.3, -0.25) is 4.79 Å². The van der Waals surface area contributed by atoms with Gasteiger partial charge in [-0.1, -0.05) is 37.3 Å². The largest absolute Gasteiger partial charge is 0.479 e. The van der Waals surface area contributed by atoms with Crippen molar-refractivity contribution in [2.24, 2.45) is 0 Å². The summed E-state index contributed by atoms with van der Waals surface area (Å²) in [5.74, 6) is -9.78. The molecule has 6 atom stereocenters. The number of carboxylic acids is 3. The maximum atomic E-state index is 12.5. The van der Waals surface area contributed by atoms with E-state index in [1.807, 2.05) is 30.3 Å². The highest BCUT2D eigenvalue weighted by Gasteiger charge is 2.85. The maximum Gasteiger partial charge on any atom is 0.344 e. The first-order chi connectivity index (χ1) is 16.5. The molecule has 2 saturated heterocycles. The van der Waals surface area contributed by atoms with Crippen LogP contribution in [-0.4, -0.2) is 84.7 Å². The Morgan fingerprint density at radius 3 is 2.23 bits per heavy atom. The molecule has 0 aliphatic carbocycles. The molecule has 2 fully saturated rings. The van der Waals surface area contributed by atoms with Gasteiger partial charge in [0.15, 0.2) is 6.10 Å². The molecular weight excluding hydrogens is 468 g/mol. The second kappa shape index (κ2) is 9.90. The predicted molar refractivity (Wildman–Crippen MR) is 114 cm³/mol. The van der Waals surface area contributed by atoms with Crippen molar-refractivity contribution in [2.75, 3.05) is 0 Å². The van der Waals surface area contributed by atoms with E-state index in [0.717, 1.165) is 5.56 Å². The first-order valence-corrected chi connectivity index (χ1v) is 11.2. The Morgan fingerprint density at radius 2 is 1.69 bits per heavy atom. The fourth-order valence-electron chi connectivity index (χ4n) is 4.70. The monoisotopic (exact) mass is 496 g/mol. The summed E-state index contributed by atoms with van der Waals surface area (Å²) >= 11 is 0. The van der Waals surface area contributed by atoms with Crippen molar-refractivity contribution >= 4 is 23.9 Å². The highest BCUT2D eigenvalue weighted by Crippen LogP contribution is 2.55. The number of rotatable bonds is 11. The normalized spacial score (nSPS) is 33.7. The highest BCUT2D eigenvalue weighted by molar-refractivity contribution is 5.98. The Morgan fingerprint density at radius 1 is 1.03 bits per heavy atom. The van der Waals surface area contributed by atoms with Crippen molar-refractivity contribution in [2.45, 2.75) is 80.7 Å². The van der Waals surface area contributed by atoms with Crippen LogP contribution in [0, 0.1) is 0 Å². The third kappa shape index (κ3) is 4.27. The number of aliphatic hydroxyl groups is 2. The van der Waals surface area contributed by atoms with Crippen molar-refractivity contribution in [3.8, 4) is 0 Å². The lowest BCUT2D eigenvalue weighted by Gasteiger charge is -2.48. The molecule has 2 heterocycles. The van der Waals surface area contributed by atoms with Crippen molar-refractivity contribution in [3.05, 3.63) is 35.9 Å². The third-order valence-electron chi connectivity index (χ3n) is 6.40. The highest BCUT2D eigenvalue weighted by atomic mass is 16.8. The van der Waals surface area contributed by atoms with Gasteiger partial charge in [0.05, 0.1) is 0 Å². The first kappa shape index (κ1) is 26.5. The Kier molecular flexibility index (Phi) is 7.50. The van der Waals surface area contributed by atoms with Crippen LogP contribution in [0.1, 0.15) is 44.6 Å². The number of unbranched alkanes of at least 4 members (excludes halogenated alkanes) is 1. The van der Waals surface area contributed by atoms with Gasteiger partial charge in [-0.25, -0.2) is 14.4 Å². The van der Waals surface area contributed by atoms with Crippen molar-refractivity contribution in [3.63, 3.8) is 0 Å². The molecule has 192 valence electrons. The average Bonchev–Trinajstić information content (AvgIpc) is 3.01. The van der Waals surface area contributed by atoms with E-state index < -0.39 is 59.2 Å². The van der Waals surface area contributed by atoms with Crippen molar-refractivity contribution in [1.82, 2.24) is 0 Å². The Hall–Kier alpha value is -3.06. The number of hydrogen-bond acceptors (Lipinski definition) is 9. The molecule has 12 heteroatoms. The van der Waals surface area contributed by atoms with Crippen LogP contribution in [0.5, 0.6) is 0 Å². The number of hydrogen-bond donors (Lipinski definition) is 5. The summed E-state index contributed by atoms with van der Waals surface area (Å²) < 4.78 is 16.0. The minimum Gasteiger partial charge on any atom is -0.479 e. The van der Waals surface area contributed by atoms with Gasteiger partial charge in [0.1, 0.15) is 6.10 Å². The third-order valence-corrected chi connectivity index (χ3v) is 6.40. The van der Waals surface area contributed by atoms with Gasteiger partial charge >= 0.3 is 23.9 Å². The number of benzene rings is 1. The number of fused-ring (bicyclic) bond motifs is 2. The van der Waals surface area contributed by atoms with Crippen LogP contribution in [-0.2, 0) is 39.8 Å². The molecule has 0 radical (unpaired) electrons. The summed E-state index contributed by atoms with van der Waals surface area (Å²) in [6, 6.07) is 9.33.